The highest BCUT2D eigenvalue weighted by molar-refractivity contribution is 6.30. The van der Waals surface area contributed by atoms with Gasteiger partial charge in [0.25, 0.3) is 0 Å². The van der Waals surface area contributed by atoms with Gasteiger partial charge in [0.05, 0.1) is 5.02 Å². The molecule has 12 heavy (non-hydrogen) atoms. The van der Waals surface area contributed by atoms with Gasteiger partial charge in [-0.2, -0.15) is 0 Å². The van der Waals surface area contributed by atoms with E-state index in [0.29, 0.717) is 0 Å². The zero-order chi connectivity index (χ0) is 9.14. The van der Waals surface area contributed by atoms with E-state index in [1.165, 1.54) is 12.1 Å². The van der Waals surface area contributed by atoms with Crippen LogP contribution >= 0.6 is 11.6 Å². The third-order valence-electron chi connectivity index (χ3n) is 1.64. The normalized spacial score (nSPS) is 13.0. The average molecular weight is 188 g/mol. The Morgan fingerprint density at radius 2 is 2.25 bits per heavy atom. The fourth-order valence-corrected chi connectivity index (χ4v) is 1.06. The topological polar surface area (TPSA) is 20.2 Å². The quantitative estimate of drug-likeness (QED) is 0.754. The molecule has 65 valence electrons. The van der Waals surface area contributed by atoms with Gasteiger partial charge in [-0.05, 0) is 24.6 Å². The Balaban J connectivity index is 2.96. The number of aliphatic hydroxyl groups is 1. The predicted molar refractivity (Wildman–Crippen MR) is 46.6 cm³/mol. The molecule has 0 aliphatic rings. The Morgan fingerprint density at radius 1 is 1.58 bits per heavy atom. The van der Waals surface area contributed by atoms with E-state index in [9.17, 15) is 4.39 Å². The highest BCUT2D eigenvalue weighted by Gasteiger charge is 2.06. The minimum atomic E-state index is -0.453. The van der Waals surface area contributed by atoms with Gasteiger partial charge in [-0.25, -0.2) is 4.39 Å². The van der Waals surface area contributed by atoms with Gasteiger partial charge in [0, 0.05) is 12.5 Å². The number of hydrogen-bond acceptors (Lipinski definition) is 1. The van der Waals surface area contributed by atoms with Crippen LogP contribution in [0, 0.1) is 12.7 Å². The number of aliphatic hydroxyl groups excluding tert-OH is 1. The van der Waals surface area contributed by atoms with Crippen molar-refractivity contribution in [3.63, 3.8) is 0 Å². The van der Waals surface area contributed by atoms with Crippen molar-refractivity contribution in [2.75, 3.05) is 6.61 Å². The van der Waals surface area contributed by atoms with Crippen LogP contribution in [0.15, 0.2) is 18.2 Å². The van der Waals surface area contributed by atoms with Crippen LogP contribution in [0.2, 0.25) is 5.02 Å². The Morgan fingerprint density at radius 3 is 2.75 bits per heavy atom. The van der Waals surface area contributed by atoms with Gasteiger partial charge in [-0.15, -0.1) is 0 Å². The first-order valence-electron chi connectivity index (χ1n) is 3.54. The van der Waals surface area contributed by atoms with E-state index in [0.717, 1.165) is 5.56 Å². The monoisotopic (exact) mass is 187 g/mol. The minimum absolute atomic E-state index is 0.0644. The summed E-state index contributed by atoms with van der Waals surface area (Å²) in [6, 6.07) is 4.31. The average Bonchev–Trinajstić information content (AvgIpc) is 2.08. The molecule has 0 aromatic heterocycles. The van der Waals surface area contributed by atoms with Crippen molar-refractivity contribution < 1.29 is 9.50 Å². The van der Waals surface area contributed by atoms with Crippen LogP contribution in [0.25, 0.3) is 0 Å². The van der Waals surface area contributed by atoms with Crippen molar-refractivity contribution >= 4 is 11.6 Å². The maximum absolute atomic E-state index is 12.7. The molecular weight excluding hydrogens is 179 g/mol. The van der Waals surface area contributed by atoms with E-state index in [2.05, 4.69) is 6.92 Å². The summed E-state index contributed by atoms with van der Waals surface area (Å²) in [7, 11) is 0. The first kappa shape index (κ1) is 9.49. The molecule has 1 aromatic rings. The minimum Gasteiger partial charge on any atom is -0.396 e. The molecule has 0 fully saturated rings. The smallest absolute Gasteiger partial charge is 0.141 e. The molecule has 0 aliphatic carbocycles. The van der Waals surface area contributed by atoms with E-state index < -0.39 is 5.82 Å². The molecule has 0 aliphatic heterocycles. The molecule has 0 saturated carbocycles. The van der Waals surface area contributed by atoms with Gasteiger partial charge >= 0.3 is 0 Å². The lowest BCUT2D eigenvalue weighted by Gasteiger charge is -2.07. The molecule has 0 saturated heterocycles. The van der Waals surface area contributed by atoms with Crippen molar-refractivity contribution in [3.05, 3.63) is 41.5 Å². The number of benzene rings is 1. The summed E-state index contributed by atoms with van der Waals surface area (Å²) in [4.78, 5) is 0. The Bertz CT molecular complexity index is 275. The zero-order valence-corrected chi connectivity index (χ0v) is 7.18. The molecule has 1 unspecified atom stereocenters. The van der Waals surface area contributed by atoms with Gasteiger partial charge in [-0.1, -0.05) is 17.7 Å². The summed E-state index contributed by atoms with van der Waals surface area (Å²) >= 11 is 5.53. The molecular formula is C9H9ClFO. The summed E-state index contributed by atoms with van der Waals surface area (Å²) in [5.74, 6) is -0.700. The third-order valence-corrected chi connectivity index (χ3v) is 1.93. The Hall–Kier alpha value is -0.600. The van der Waals surface area contributed by atoms with E-state index in [1.807, 2.05) is 0 Å². The van der Waals surface area contributed by atoms with Gasteiger partial charge in [0.15, 0.2) is 0 Å². The van der Waals surface area contributed by atoms with E-state index in [-0.39, 0.29) is 17.5 Å². The lowest BCUT2D eigenvalue weighted by atomic mass is 10.0. The van der Waals surface area contributed by atoms with Crippen LogP contribution in [0.5, 0.6) is 0 Å². The first-order valence-corrected chi connectivity index (χ1v) is 3.92. The highest BCUT2D eigenvalue weighted by Crippen LogP contribution is 2.21. The van der Waals surface area contributed by atoms with Crippen molar-refractivity contribution in [2.45, 2.75) is 5.92 Å². The predicted octanol–water partition coefficient (Wildman–Crippen LogP) is 2.39. The maximum atomic E-state index is 12.7. The Kier molecular flexibility index (Phi) is 3.06. The molecule has 1 N–H and O–H groups in total. The molecule has 0 amide bonds. The number of rotatable bonds is 2. The van der Waals surface area contributed by atoms with E-state index >= 15 is 0 Å². The fraction of sp³-hybridized carbons (Fsp3) is 0.222. The van der Waals surface area contributed by atoms with Crippen molar-refractivity contribution in [1.82, 2.24) is 0 Å². The Labute approximate surface area is 75.8 Å². The summed E-state index contributed by atoms with van der Waals surface area (Å²) in [6.45, 7) is 3.60. The summed E-state index contributed by atoms with van der Waals surface area (Å²) in [6.07, 6.45) is 0. The lowest BCUT2D eigenvalue weighted by Crippen LogP contribution is -1.99. The van der Waals surface area contributed by atoms with E-state index in [1.54, 1.807) is 6.07 Å². The number of halogens is 2. The van der Waals surface area contributed by atoms with Crippen LogP contribution in [0.4, 0.5) is 4.39 Å². The fourth-order valence-electron chi connectivity index (χ4n) is 0.872. The molecule has 1 nitrogen and oxygen atoms in total. The zero-order valence-electron chi connectivity index (χ0n) is 6.43. The van der Waals surface area contributed by atoms with Gasteiger partial charge in [0.1, 0.15) is 5.82 Å². The third kappa shape index (κ3) is 1.96. The summed E-state index contributed by atoms with van der Waals surface area (Å²) in [5, 5.41) is 8.81. The summed E-state index contributed by atoms with van der Waals surface area (Å²) < 4.78 is 12.7. The first-order chi connectivity index (χ1) is 5.65. The van der Waals surface area contributed by atoms with Crippen LogP contribution < -0.4 is 0 Å². The van der Waals surface area contributed by atoms with Crippen LogP contribution in [-0.4, -0.2) is 11.7 Å². The largest absolute Gasteiger partial charge is 0.396 e. The SMILES string of the molecule is [CH2]C(CO)c1ccc(F)c(Cl)c1. The van der Waals surface area contributed by atoms with Crippen LogP contribution in [0.1, 0.15) is 11.5 Å². The van der Waals surface area contributed by atoms with Crippen molar-refractivity contribution in [2.24, 2.45) is 0 Å². The van der Waals surface area contributed by atoms with Gasteiger partial charge in [0.2, 0.25) is 0 Å². The van der Waals surface area contributed by atoms with Crippen molar-refractivity contribution in [1.29, 1.82) is 0 Å². The maximum Gasteiger partial charge on any atom is 0.141 e. The molecule has 3 heteroatoms. The van der Waals surface area contributed by atoms with Crippen LogP contribution in [0.3, 0.4) is 0 Å². The molecule has 1 atom stereocenters. The second kappa shape index (κ2) is 3.87. The molecule has 1 rings (SSSR count). The molecule has 0 spiro atoms. The van der Waals surface area contributed by atoms with Crippen molar-refractivity contribution in [3.8, 4) is 0 Å². The molecule has 1 aromatic carbocycles. The molecule has 1 radical (unpaired) electrons. The van der Waals surface area contributed by atoms with Gasteiger partial charge in [-0.3, -0.25) is 0 Å². The lowest BCUT2D eigenvalue weighted by molar-refractivity contribution is 0.282. The van der Waals surface area contributed by atoms with E-state index in [4.69, 9.17) is 16.7 Å². The second-order valence-corrected chi connectivity index (χ2v) is 2.96. The highest BCUT2D eigenvalue weighted by atomic mass is 35.5. The second-order valence-electron chi connectivity index (χ2n) is 2.55. The number of hydrogen-bond donors (Lipinski definition) is 1. The van der Waals surface area contributed by atoms with Crippen LogP contribution in [-0.2, 0) is 0 Å². The molecule has 0 bridgehead atoms. The molecule has 0 heterocycles. The van der Waals surface area contributed by atoms with Gasteiger partial charge < -0.3 is 5.11 Å². The summed E-state index contributed by atoms with van der Waals surface area (Å²) in [5.41, 5.74) is 0.740. The standard InChI is InChI=1S/C9H9ClFO/c1-6(5-12)7-2-3-9(11)8(10)4-7/h2-4,6,12H,1,5H2.